The first kappa shape index (κ1) is 9.98. The number of aromatic nitrogens is 2. The average Bonchev–Trinajstić information content (AvgIpc) is 2.84. The van der Waals surface area contributed by atoms with E-state index in [9.17, 15) is 4.79 Å². The Balaban J connectivity index is 1.76. The Morgan fingerprint density at radius 2 is 2.06 bits per heavy atom. The highest BCUT2D eigenvalue weighted by molar-refractivity contribution is 7.16. The van der Waals surface area contributed by atoms with E-state index in [-0.39, 0.29) is 18.1 Å². The molecule has 2 aliphatic heterocycles. The van der Waals surface area contributed by atoms with Crippen LogP contribution >= 0.6 is 11.3 Å². The van der Waals surface area contributed by atoms with E-state index in [4.69, 9.17) is 10.5 Å². The minimum absolute atomic E-state index is 0.0746. The van der Waals surface area contributed by atoms with Gasteiger partial charge in [-0.3, -0.25) is 4.79 Å². The number of hydrogen-bond donors (Lipinski definition) is 1. The topological polar surface area (TPSA) is 81.3 Å². The van der Waals surface area contributed by atoms with Crippen LogP contribution < -0.4 is 5.73 Å². The van der Waals surface area contributed by atoms with Gasteiger partial charge in [-0.05, 0) is 12.8 Å². The number of amides is 1. The van der Waals surface area contributed by atoms with Gasteiger partial charge in [0, 0.05) is 13.1 Å². The van der Waals surface area contributed by atoms with Crippen LogP contribution in [0.15, 0.2) is 0 Å². The normalized spacial score (nSPS) is 28.4. The van der Waals surface area contributed by atoms with Crippen LogP contribution in [0.1, 0.15) is 22.6 Å². The van der Waals surface area contributed by atoms with Crippen LogP contribution in [0.3, 0.4) is 0 Å². The highest BCUT2D eigenvalue weighted by Crippen LogP contribution is 2.27. The lowest BCUT2D eigenvalue weighted by atomic mass is 10.2. The number of likely N-dealkylation sites (tertiary alicyclic amines) is 1. The standard InChI is InChI=1S/C9H12N4O2S/c10-9-12-11-7(16-9)8(14)13-3-5-1-2-6(4-13)15-5/h5-6H,1-4H2,(H2,10,12). The van der Waals surface area contributed by atoms with Gasteiger partial charge in [0.15, 0.2) is 0 Å². The maximum Gasteiger partial charge on any atom is 0.285 e. The molecule has 0 spiro atoms. The second-order valence-electron chi connectivity index (χ2n) is 4.11. The number of rotatable bonds is 1. The van der Waals surface area contributed by atoms with Gasteiger partial charge in [-0.25, -0.2) is 0 Å². The molecule has 86 valence electrons. The monoisotopic (exact) mass is 240 g/mol. The summed E-state index contributed by atoms with van der Waals surface area (Å²) in [5.74, 6) is -0.0746. The summed E-state index contributed by atoms with van der Waals surface area (Å²) in [5.41, 5.74) is 5.46. The van der Waals surface area contributed by atoms with Crippen LogP contribution in [0.2, 0.25) is 0 Å². The number of nitrogen functional groups attached to an aromatic ring is 1. The van der Waals surface area contributed by atoms with Crippen molar-refractivity contribution in [3.8, 4) is 0 Å². The minimum atomic E-state index is -0.0746. The third-order valence-corrected chi connectivity index (χ3v) is 3.69. The summed E-state index contributed by atoms with van der Waals surface area (Å²) in [6.07, 6.45) is 2.50. The number of morpholine rings is 1. The maximum atomic E-state index is 12.1. The summed E-state index contributed by atoms with van der Waals surface area (Å²) in [7, 11) is 0. The molecular weight excluding hydrogens is 228 g/mol. The molecule has 1 amide bonds. The molecule has 2 bridgehead atoms. The first-order valence-electron chi connectivity index (χ1n) is 5.26. The molecule has 2 saturated heterocycles. The van der Waals surface area contributed by atoms with Gasteiger partial charge >= 0.3 is 0 Å². The number of carbonyl (C=O) groups is 1. The van der Waals surface area contributed by atoms with E-state index in [0.717, 1.165) is 24.2 Å². The molecular formula is C9H12N4O2S. The quantitative estimate of drug-likeness (QED) is 0.754. The summed E-state index contributed by atoms with van der Waals surface area (Å²) in [4.78, 5) is 13.9. The van der Waals surface area contributed by atoms with Crippen LogP contribution in [0, 0.1) is 0 Å². The summed E-state index contributed by atoms with van der Waals surface area (Å²) in [5, 5.41) is 8.13. The molecule has 2 unspecified atom stereocenters. The summed E-state index contributed by atoms with van der Waals surface area (Å²) in [6, 6.07) is 0. The van der Waals surface area contributed by atoms with Gasteiger partial charge in [-0.15, -0.1) is 10.2 Å². The fourth-order valence-electron chi connectivity index (χ4n) is 2.24. The molecule has 0 saturated carbocycles. The molecule has 2 N–H and O–H groups in total. The Kier molecular flexibility index (Phi) is 2.29. The second-order valence-corrected chi connectivity index (χ2v) is 5.12. The smallest absolute Gasteiger partial charge is 0.285 e. The van der Waals surface area contributed by atoms with Gasteiger partial charge in [0.05, 0.1) is 12.2 Å². The van der Waals surface area contributed by atoms with Crippen molar-refractivity contribution in [2.45, 2.75) is 25.0 Å². The Morgan fingerprint density at radius 1 is 1.38 bits per heavy atom. The molecule has 0 radical (unpaired) electrons. The zero-order valence-corrected chi connectivity index (χ0v) is 9.44. The summed E-state index contributed by atoms with van der Waals surface area (Å²) in [6.45, 7) is 1.32. The molecule has 0 aliphatic carbocycles. The largest absolute Gasteiger partial charge is 0.374 e. The Morgan fingerprint density at radius 3 is 2.62 bits per heavy atom. The van der Waals surface area contributed by atoms with Gasteiger partial charge in [0.2, 0.25) is 10.1 Å². The Labute approximate surface area is 96.4 Å². The molecule has 6 nitrogen and oxygen atoms in total. The van der Waals surface area contributed by atoms with Gasteiger partial charge in [-0.1, -0.05) is 11.3 Å². The van der Waals surface area contributed by atoms with Crippen LogP contribution in [-0.4, -0.2) is 46.3 Å². The van der Waals surface area contributed by atoms with E-state index in [0.29, 0.717) is 23.2 Å². The highest BCUT2D eigenvalue weighted by Gasteiger charge is 2.36. The van der Waals surface area contributed by atoms with Crippen molar-refractivity contribution in [1.29, 1.82) is 0 Å². The first-order valence-corrected chi connectivity index (χ1v) is 6.08. The van der Waals surface area contributed by atoms with E-state index < -0.39 is 0 Å². The molecule has 16 heavy (non-hydrogen) atoms. The van der Waals surface area contributed by atoms with Crippen molar-refractivity contribution in [2.75, 3.05) is 18.8 Å². The maximum absolute atomic E-state index is 12.1. The molecule has 1 aromatic rings. The van der Waals surface area contributed by atoms with Gasteiger partial charge in [0.25, 0.3) is 5.91 Å². The number of ether oxygens (including phenoxy) is 1. The number of carbonyl (C=O) groups excluding carboxylic acids is 1. The van der Waals surface area contributed by atoms with E-state index in [1.54, 1.807) is 4.90 Å². The third kappa shape index (κ3) is 1.65. The molecule has 2 aliphatic rings. The van der Waals surface area contributed by atoms with E-state index in [1.807, 2.05) is 0 Å². The predicted molar refractivity (Wildman–Crippen MR) is 58.1 cm³/mol. The van der Waals surface area contributed by atoms with Crippen molar-refractivity contribution in [1.82, 2.24) is 15.1 Å². The molecule has 0 aromatic carbocycles. The van der Waals surface area contributed by atoms with Crippen LogP contribution in [-0.2, 0) is 4.74 Å². The molecule has 3 heterocycles. The lowest BCUT2D eigenvalue weighted by Gasteiger charge is -2.31. The molecule has 1 aromatic heterocycles. The van der Waals surface area contributed by atoms with Crippen molar-refractivity contribution in [3.63, 3.8) is 0 Å². The Bertz CT molecular complexity index is 409. The fourth-order valence-corrected chi connectivity index (χ4v) is 2.81. The number of fused-ring (bicyclic) bond motifs is 2. The van der Waals surface area contributed by atoms with Crippen molar-refractivity contribution in [3.05, 3.63) is 5.01 Å². The van der Waals surface area contributed by atoms with Crippen LogP contribution in [0.5, 0.6) is 0 Å². The fraction of sp³-hybridized carbons (Fsp3) is 0.667. The van der Waals surface area contributed by atoms with Crippen molar-refractivity contribution >= 4 is 22.4 Å². The van der Waals surface area contributed by atoms with Gasteiger partial charge < -0.3 is 15.4 Å². The first-order chi connectivity index (χ1) is 7.72. The second kappa shape index (κ2) is 3.67. The molecule has 3 rings (SSSR count). The lowest BCUT2D eigenvalue weighted by Crippen LogP contribution is -2.45. The zero-order valence-electron chi connectivity index (χ0n) is 8.63. The number of nitrogens with two attached hydrogens (primary N) is 1. The zero-order chi connectivity index (χ0) is 11.1. The van der Waals surface area contributed by atoms with Gasteiger partial charge in [-0.2, -0.15) is 0 Å². The van der Waals surface area contributed by atoms with E-state index >= 15 is 0 Å². The molecule has 2 atom stereocenters. The van der Waals surface area contributed by atoms with Crippen molar-refractivity contribution in [2.24, 2.45) is 0 Å². The van der Waals surface area contributed by atoms with Gasteiger partial charge in [0.1, 0.15) is 0 Å². The number of hydrogen-bond acceptors (Lipinski definition) is 6. The SMILES string of the molecule is Nc1nnc(C(=O)N2CC3CCC(C2)O3)s1. The summed E-state index contributed by atoms with van der Waals surface area (Å²) >= 11 is 1.14. The third-order valence-electron chi connectivity index (χ3n) is 2.95. The number of anilines is 1. The molecule has 7 heteroatoms. The van der Waals surface area contributed by atoms with Crippen molar-refractivity contribution < 1.29 is 9.53 Å². The van der Waals surface area contributed by atoms with Crippen LogP contribution in [0.25, 0.3) is 0 Å². The Hall–Kier alpha value is -1.21. The van der Waals surface area contributed by atoms with E-state index in [2.05, 4.69) is 10.2 Å². The van der Waals surface area contributed by atoms with Crippen LogP contribution in [0.4, 0.5) is 5.13 Å². The molecule has 2 fully saturated rings. The predicted octanol–water partition coefficient (Wildman–Crippen LogP) is 0.124. The summed E-state index contributed by atoms with van der Waals surface area (Å²) < 4.78 is 5.67. The highest BCUT2D eigenvalue weighted by atomic mass is 32.1. The average molecular weight is 240 g/mol. The number of nitrogens with zero attached hydrogens (tertiary/aromatic N) is 3. The van der Waals surface area contributed by atoms with E-state index in [1.165, 1.54) is 0 Å². The lowest BCUT2D eigenvalue weighted by molar-refractivity contribution is -0.0303. The minimum Gasteiger partial charge on any atom is -0.374 e.